The Morgan fingerprint density at radius 3 is 3.00 bits per heavy atom. The number of nitrogens with two attached hydrogens (primary N) is 1. The van der Waals surface area contributed by atoms with E-state index in [-0.39, 0.29) is 5.91 Å². The maximum Gasteiger partial charge on any atom is 0.252 e. The van der Waals surface area contributed by atoms with Crippen LogP contribution in [0.25, 0.3) is 0 Å². The average Bonchev–Trinajstić information content (AvgIpc) is 2.40. The third-order valence-electron chi connectivity index (χ3n) is 3.20. The SMILES string of the molecule is Nc1cccc(C(=O)NCC2CC=CCC2)c1Cl. The van der Waals surface area contributed by atoms with Gasteiger partial charge in [0.15, 0.2) is 0 Å². The van der Waals surface area contributed by atoms with Gasteiger partial charge in [0, 0.05) is 6.54 Å². The molecule has 1 atom stereocenters. The Morgan fingerprint density at radius 2 is 2.28 bits per heavy atom. The van der Waals surface area contributed by atoms with Gasteiger partial charge in [-0.2, -0.15) is 0 Å². The molecule has 1 unspecified atom stereocenters. The third kappa shape index (κ3) is 3.05. The second kappa shape index (κ2) is 5.91. The van der Waals surface area contributed by atoms with Crippen LogP contribution in [0.15, 0.2) is 30.4 Å². The fourth-order valence-electron chi connectivity index (χ4n) is 2.10. The number of hydrogen-bond donors (Lipinski definition) is 2. The largest absolute Gasteiger partial charge is 0.398 e. The number of benzene rings is 1. The van der Waals surface area contributed by atoms with Crippen molar-refractivity contribution < 1.29 is 4.79 Å². The second-order valence-electron chi connectivity index (χ2n) is 4.57. The van der Waals surface area contributed by atoms with Gasteiger partial charge in [0.2, 0.25) is 0 Å². The van der Waals surface area contributed by atoms with Crippen LogP contribution in [0.3, 0.4) is 0 Å². The molecule has 18 heavy (non-hydrogen) atoms. The van der Waals surface area contributed by atoms with E-state index in [1.54, 1.807) is 18.2 Å². The summed E-state index contributed by atoms with van der Waals surface area (Å²) < 4.78 is 0. The van der Waals surface area contributed by atoms with Gasteiger partial charge < -0.3 is 11.1 Å². The normalized spacial score (nSPS) is 18.6. The zero-order valence-corrected chi connectivity index (χ0v) is 10.9. The number of nitrogens with one attached hydrogen (secondary N) is 1. The number of anilines is 1. The first-order valence-corrected chi connectivity index (χ1v) is 6.53. The standard InChI is InChI=1S/C14H17ClN2O/c15-13-11(7-4-8-12(13)16)14(18)17-9-10-5-2-1-3-6-10/h1-2,4,7-8,10H,3,5-6,9,16H2,(H,17,18). The van der Waals surface area contributed by atoms with Gasteiger partial charge in [-0.3, -0.25) is 4.79 Å². The van der Waals surface area contributed by atoms with Crippen LogP contribution in [0.5, 0.6) is 0 Å². The Morgan fingerprint density at radius 1 is 1.44 bits per heavy atom. The Bertz CT molecular complexity index is 471. The lowest BCUT2D eigenvalue weighted by Gasteiger charge is -2.18. The second-order valence-corrected chi connectivity index (χ2v) is 4.95. The monoisotopic (exact) mass is 264 g/mol. The van der Waals surface area contributed by atoms with E-state index in [1.165, 1.54) is 0 Å². The van der Waals surface area contributed by atoms with Crippen LogP contribution in [0.2, 0.25) is 5.02 Å². The molecule has 1 aliphatic rings. The molecule has 0 fully saturated rings. The number of nitrogen functional groups attached to an aromatic ring is 1. The maximum atomic E-state index is 12.0. The lowest BCUT2D eigenvalue weighted by Crippen LogP contribution is -2.30. The van der Waals surface area contributed by atoms with Crippen LogP contribution in [0.1, 0.15) is 29.6 Å². The predicted molar refractivity (Wildman–Crippen MR) is 74.7 cm³/mol. The summed E-state index contributed by atoms with van der Waals surface area (Å²) >= 11 is 6.01. The Labute approximate surface area is 112 Å². The molecule has 2 rings (SSSR count). The Kier molecular flexibility index (Phi) is 4.26. The van der Waals surface area contributed by atoms with E-state index in [1.807, 2.05) is 0 Å². The molecule has 4 heteroatoms. The summed E-state index contributed by atoms with van der Waals surface area (Å²) in [6, 6.07) is 5.11. The molecular weight excluding hydrogens is 248 g/mol. The van der Waals surface area contributed by atoms with Gasteiger partial charge in [0.25, 0.3) is 5.91 Å². The zero-order valence-electron chi connectivity index (χ0n) is 10.2. The molecule has 1 aromatic rings. The van der Waals surface area contributed by atoms with E-state index >= 15 is 0 Å². The lowest BCUT2D eigenvalue weighted by molar-refractivity contribution is 0.0946. The summed E-state index contributed by atoms with van der Waals surface area (Å²) in [5.41, 5.74) is 6.56. The molecule has 0 heterocycles. The molecule has 0 aromatic heterocycles. The summed E-state index contributed by atoms with van der Waals surface area (Å²) in [6.45, 7) is 0.689. The smallest absolute Gasteiger partial charge is 0.252 e. The summed E-state index contributed by atoms with van der Waals surface area (Å²) in [7, 11) is 0. The van der Waals surface area contributed by atoms with Gasteiger partial charge in [-0.15, -0.1) is 0 Å². The molecule has 3 nitrogen and oxygen atoms in total. The minimum atomic E-state index is -0.151. The average molecular weight is 265 g/mol. The van der Waals surface area contributed by atoms with Crippen molar-refractivity contribution in [2.45, 2.75) is 19.3 Å². The first-order chi connectivity index (χ1) is 8.68. The topological polar surface area (TPSA) is 55.1 Å². The molecular formula is C14H17ClN2O. The van der Waals surface area contributed by atoms with E-state index in [0.717, 1.165) is 19.3 Å². The first kappa shape index (κ1) is 13.0. The molecule has 96 valence electrons. The fraction of sp³-hybridized carbons (Fsp3) is 0.357. The quantitative estimate of drug-likeness (QED) is 0.651. The molecule has 0 saturated carbocycles. The van der Waals surface area contributed by atoms with E-state index in [9.17, 15) is 4.79 Å². The van der Waals surface area contributed by atoms with E-state index in [4.69, 9.17) is 17.3 Å². The van der Waals surface area contributed by atoms with Gasteiger partial charge in [0.05, 0.1) is 16.3 Å². The number of rotatable bonds is 3. The van der Waals surface area contributed by atoms with Crippen molar-refractivity contribution in [1.29, 1.82) is 0 Å². The molecule has 0 bridgehead atoms. The minimum absolute atomic E-state index is 0.151. The number of hydrogen-bond acceptors (Lipinski definition) is 2. The van der Waals surface area contributed by atoms with Crippen molar-refractivity contribution in [2.75, 3.05) is 12.3 Å². The molecule has 0 saturated heterocycles. The molecule has 0 aliphatic heterocycles. The molecule has 3 N–H and O–H groups in total. The third-order valence-corrected chi connectivity index (χ3v) is 3.62. The van der Waals surface area contributed by atoms with Crippen molar-refractivity contribution in [2.24, 2.45) is 5.92 Å². The van der Waals surface area contributed by atoms with Crippen LogP contribution < -0.4 is 11.1 Å². The van der Waals surface area contributed by atoms with E-state index in [2.05, 4.69) is 17.5 Å². The van der Waals surface area contributed by atoms with Crippen molar-refractivity contribution in [3.63, 3.8) is 0 Å². The van der Waals surface area contributed by atoms with Gasteiger partial charge in [-0.25, -0.2) is 0 Å². The van der Waals surface area contributed by atoms with Gasteiger partial charge >= 0.3 is 0 Å². The summed E-state index contributed by atoms with van der Waals surface area (Å²) in [4.78, 5) is 12.0. The fourth-order valence-corrected chi connectivity index (χ4v) is 2.31. The highest BCUT2D eigenvalue weighted by Gasteiger charge is 2.15. The summed E-state index contributed by atoms with van der Waals surface area (Å²) in [6.07, 6.45) is 7.62. The number of amides is 1. The summed E-state index contributed by atoms with van der Waals surface area (Å²) in [5, 5.41) is 3.26. The van der Waals surface area contributed by atoms with Crippen molar-refractivity contribution in [1.82, 2.24) is 5.32 Å². The van der Waals surface area contributed by atoms with Crippen LogP contribution >= 0.6 is 11.6 Å². The van der Waals surface area contributed by atoms with Crippen molar-refractivity contribution >= 4 is 23.2 Å². The molecule has 0 spiro atoms. The highest BCUT2D eigenvalue weighted by atomic mass is 35.5. The van der Waals surface area contributed by atoms with Crippen LogP contribution in [-0.4, -0.2) is 12.5 Å². The number of allylic oxidation sites excluding steroid dienone is 2. The van der Waals surface area contributed by atoms with E-state index < -0.39 is 0 Å². The van der Waals surface area contributed by atoms with Crippen molar-refractivity contribution in [3.8, 4) is 0 Å². The molecule has 1 aliphatic carbocycles. The van der Waals surface area contributed by atoms with Crippen molar-refractivity contribution in [3.05, 3.63) is 40.9 Å². The van der Waals surface area contributed by atoms with E-state index in [0.29, 0.717) is 28.7 Å². The van der Waals surface area contributed by atoms with Gasteiger partial charge in [0.1, 0.15) is 0 Å². The van der Waals surface area contributed by atoms with Crippen LogP contribution in [-0.2, 0) is 0 Å². The first-order valence-electron chi connectivity index (χ1n) is 6.15. The number of halogens is 1. The molecule has 1 amide bonds. The molecule has 1 aromatic carbocycles. The zero-order chi connectivity index (χ0) is 13.0. The number of carbonyl (C=O) groups excluding carboxylic acids is 1. The van der Waals surface area contributed by atoms with Gasteiger partial charge in [-0.05, 0) is 37.3 Å². The highest BCUT2D eigenvalue weighted by Crippen LogP contribution is 2.23. The Balaban J connectivity index is 1.95. The van der Waals surface area contributed by atoms with Crippen LogP contribution in [0, 0.1) is 5.92 Å². The Hall–Kier alpha value is -1.48. The van der Waals surface area contributed by atoms with Gasteiger partial charge in [-0.1, -0.05) is 29.8 Å². The lowest BCUT2D eigenvalue weighted by atomic mass is 9.94. The number of carbonyl (C=O) groups is 1. The summed E-state index contributed by atoms with van der Waals surface area (Å²) in [5.74, 6) is 0.376. The predicted octanol–water partition coefficient (Wildman–Crippen LogP) is 3.01. The minimum Gasteiger partial charge on any atom is -0.398 e. The highest BCUT2D eigenvalue weighted by molar-refractivity contribution is 6.36. The maximum absolute atomic E-state index is 12.0. The molecule has 0 radical (unpaired) electrons. The van der Waals surface area contributed by atoms with Crippen LogP contribution in [0.4, 0.5) is 5.69 Å².